The molecule has 60 heavy (non-hydrogen) atoms. The third-order valence-electron chi connectivity index (χ3n) is 10.0. The van der Waals surface area contributed by atoms with Crippen LogP contribution in [0.15, 0.2) is 60.8 Å². The number of hydrogen-bond donors (Lipinski definition) is 0. The normalized spacial score (nSPS) is 14.0. The molecule has 0 radical (unpaired) electrons. The maximum atomic E-state index is 12.7. The molecule has 10 heteroatoms. The Bertz CT molecular complexity index is 1210. The fourth-order valence-electron chi connectivity index (χ4n) is 6.29. The van der Waals surface area contributed by atoms with Crippen LogP contribution >= 0.6 is 7.82 Å². The molecule has 0 aromatic rings. The summed E-state index contributed by atoms with van der Waals surface area (Å²) in [6, 6.07) is 0. The molecule has 0 bridgehead atoms. The van der Waals surface area contributed by atoms with Gasteiger partial charge in [0.15, 0.2) is 6.10 Å². The second-order valence-electron chi connectivity index (χ2n) is 17.1. The van der Waals surface area contributed by atoms with Crippen LogP contribution in [0.2, 0.25) is 0 Å². The van der Waals surface area contributed by atoms with Crippen LogP contribution < -0.4 is 4.89 Å². The monoisotopic (exact) mass is 864 g/mol. The lowest BCUT2D eigenvalue weighted by molar-refractivity contribution is -0.870. The zero-order valence-corrected chi connectivity index (χ0v) is 40.0. The van der Waals surface area contributed by atoms with Gasteiger partial charge in [0.25, 0.3) is 7.82 Å². The highest BCUT2D eigenvalue weighted by Crippen LogP contribution is 2.38. The average Bonchev–Trinajstić information content (AvgIpc) is 3.20. The second kappa shape index (κ2) is 42.0. The number of quaternary nitrogens is 1. The molecule has 2 atom stereocenters. The number of phosphoric ester groups is 1. The maximum Gasteiger partial charge on any atom is 0.306 e. The third-order valence-corrected chi connectivity index (χ3v) is 11.0. The predicted molar refractivity (Wildman–Crippen MR) is 250 cm³/mol. The number of carbonyl (C=O) groups is 2. The first-order valence-electron chi connectivity index (χ1n) is 24.0. The molecular weight excluding hydrogens is 774 g/mol. The highest BCUT2D eigenvalue weighted by Gasteiger charge is 2.21. The van der Waals surface area contributed by atoms with Crippen molar-refractivity contribution in [1.29, 1.82) is 0 Å². The molecule has 0 saturated carbocycles. The number of rotatable bonds is 43. The minimum Gasteiger partial charge on any atom is -0.756 e. The first kappa shape index (κ1) is 57.7. The summed E-state index contributed by atoms with van der Waals surface area (Å²) in [5.74, 6) is -0.865. The summed E-state index contributed by atoms with van der Waals surface area (Å²) in [7, 11) is 1.14. The molecule has 0 fully saturated rings. The van der Waals surface area contributed by atoms with Crippen molar-refractivity contribution in [3.63, 3.8) is 0 Å². The smallest absolute Gasteiger partial charge is 0.306 e. The minimum atomic E-state index is -4.64. The van der Waals surface area contributed by atoms with Gasteiger partial charge in [0.2, 0.25) is 0 Å². The van der Waals surface area contributed by atoms with Crippen molar-refractivity contribution in [1.82, 2.24) is 0 Å². The van der Waals surface area contributed by atoms with Gasteiger partial charge in [0.05, 0.1) is 27.7 Å². The summed E-state index contributed by atoms with van der Waals surface area (Å²) in [6.45, 7) is 4.08. The average molecular weight is 864 g/mol. The van der Waals surface area contributed by atoms with Crippen molar-refractivity contribution >= 4 is 19.8 Å². The van der Waals surface area contributed by atoms with Crippen LogP contribution in [0.3, 0.4) is 0 Å². The molecule has 0 aliphatic carbocycles. The lowest BCUT2D eigenvalue weighted by Crippen LogP contribution is -2.37. The van der Waals surface area contributed by atoms with Crippen LogP contribution in [-0.4, -0.2) is 70.0 Å². The topological polar surface area (TPSA) is 111 Å². The van der Waals surface area contributed by atoms with Gasteiger partial charge in [-0.05, 0) is 77.0 Å². The van der Waals surface area contributed by atoms with Gasteiger partial charge < -0.3 is 27.9 Å². The van der Waals surface area contributed by atoms with E-state index in [1.807, 2.05) is 21.1 Å². The Morgan fingerprint density at radius 3 is 1.43 bits per heavy atom. The first-order valence-corrected chi connectivity index (χ1v) is 25.5. The van der Waals surface area contributed by atoms with E-state index in [-0.39, 0.29) is 26.1 Å². The van der Waals surface area contributed by atoms with Gasteiger partial charge in [-0.15, -0.1) is 0 Å². The number of hydrogen-bond acceptors (Lipinski definition) is 8. The van der Waals surface area contributed by atoms with Crippen molar-refractivity contribution in [2.75, 3.05) is 47.5 Å². The third kappa shape index (κ3) is 45.2. The molecule has 2 unspecified atom stereocenters. The highest BCUT2D eigenvalue weighted by molar-refractivity contribution is 7.45. The molecule has 0 aromatic heterocycles. The van der Waals surface area contributed by atoms with E-state index in [1.54, 1.807) is 0 Å². The fraction of sp³-hybridized carbons (Fsp3) is 0.760. The number of unbranched alkanes of at least 4 members (excludes halogenated alkanes) is 19. The van der Waals surface area contributed by atoms with Gasteiger partial charge >= 0.3 is 11.9 Å². The molecule has 0 N–H and O–H groups in total. The van der Waals surface area contributed by atoms with Crippen molar-refractivity contribution in [2.24, 2.45) is 0 Å². The lowest BCUT2D eigenvalue weighted by Gasteiger charge is -2.28. The Hall–Kier alpha value is -2.29. The Labute approximate surface area is 368 Å². The van der Waals surface area contributed by atoms with Gasteiger partial charge in [-0.3, -0.25) is 14.2 Å². The van der Waals surface area contributed by atoms with Gasteiger partial charge in [-0.25, -0.2) is 0 Å². The molecule has 0 aromatic carbocycles. The van der Waals surface area contributed by atoms with E-state index < -0.39 is 32.5 Å². The molecule has 0 amide bonds. The summed E-state index contributed by atoms with van der Waals surface area (Å²) in [5.41, 5.74) is 0. The quantitative estimate of drug-likeness (QED) is 0.0196. The largest absolute Gasteiger partial charge is 0.756 e. The summed E-state index contributed by atoms with van der Waals surface area (Å²) in [4.78, 5) is 37.6. The van der Waals surface area contributed by atoms with Crippen LogP contribution in [0.25, 0.3) is 0 Å². The molecule has 9 nitrogen and oxygen atoms in total. The summed E-state index contributed by atoms with van der Waals surface area (Å²) in [5, 5.41) is 0. The molecule has 0 saturated heterocycles. The number of phosphoric acid groups is 1. The predicted octanol–water partition coefficient (Wildman–Crippen LogP) is 13.4. The summed E-state index contributed by atoms with van der Waals surface area (Å²) >= 11 is 0. The van der Waals surface area contributed by atoms with Crippen LogP contribution in [0.1, 0.15) is 194 Å². The van der Waals surface area contributed by atoms with Crippen molar-refractivity contribution in [3.8, 4) is 0 Å². The second-order valence-corrected chi connectivity index (χ2v) is 18.5. The number of ether oxygens (including phenoxy) is 2. The van der Waals surface area contributed by atoms with Gasteiger partial charge in [0, 0.05) is 12.8 Å². The summed E-state index contributed by atoms with van der Waals surface area (Å²) < 4.78 is 34.0. The van der Waals surface area contributed by atoms with Crippen molar-refractivity contribution < 1.29 is 42.1 Å². The molecule has 0 rings (SSSR count). The van der Waals surface area contributed by atoms with E-state index in [0.29, 0.717) is 17.4 Å². The Morgan fingerprint density at radius 2 is 0.950 bits per heavy atom. The fourth-order valence-corrected chi connectivity index (χ4v) is 7.02. The van der Waals surface area contributed by atoms with Crippen molar-refractivity contribution in [2.45, 2.75) is 200 Å². The molecule has 0 heterocycles. The van der Waals surface area contributed by atoms with Crippen molar-refractivity contribution in [3.05, 3.63) is 60.8 Å². The van der Waals surface area contributed by atoms with Gasteiger partial charge in [-0.2, -0.15) is 0 Å². The molecule has 0 aliphatic heterocycles. The number of esters is 2. The molecule has 348 valence electrons. The number of nitrogens with zero attached hydrogens (tertiary/aromatic N) is 1. The molecular formula is C50H90NO8P. The van der Waals surface area contributed by atoms with Crippen LogP contribution in [0, 0.1) is 0 Å². The maximum absolute atomic E-state index is 12.7. The van der Waals surface area contributed by atoms with E-state index in [2.05, 4.69) is 74.6 Å². The first-order chi connectivity index (χ1) is 29.0. The standard InChI is InChI=1S/C50H90NO8P/c1-6-8-10-12-14-16-18-20-22-24-25-27-28-30-32-34-36-38-40-42-49(52)56-46-48(47-58-60(54,55)57-45-44-51(3,4)5)59-50(53)43-41-39-37-35-33-31-29-26-23-21-19-17-15-13-11-9-7-2/h9,11,15,17,20-23,29,31,48H,6-8,10,12-14,16,18-19,24-28,30,32-47H2,1-5H3/b11-9-,17-15-,22-20-,23-21-,31-29-. The van der Waals surface area contributed by atoms with E-state index in [1.165, 1.54) is 89.9 Å². The molecule has 0 aliphatic rings. The molecule has 0 spiro atoms. The zero-order chi connectivity index (χ0) is 44.3. The van der Waals surface area contributed by atoms with E-state index in [9.17, 15) is 19.0 Å². The van der Waals surface area contributed by atoms with Crippen LogP contribution in [0.5, 0.6) is 0 Å². The highest BCUT2D eigenvalue weighted by atomic mass is 31.2. The van der Waals surface area contributed by atoms with E-state index >= 15 is 0 Å². The minimum absolute atomic E-state index is 0.0384. The number of carbonyl (C=O) groups excluding carboxylic acids is 2. The van der Waals surface area contributed by atoms with Gasteiger partial charge in [0.1, 0.15) is 19.8 Å². The number of allylic oxidation sites excluding steroid dienone is 10. The van der Waals surface area contributed by atoms with Gasteiger partial charge in [-0.1, -0.05) is 164 Å². The van der Waals surface area contributed by atoms with Crippen LogP contribution in [0.4, 0.5) is 0 Å². The number of likely N-dealkylation sites (N-methyl/N-ethyl adjacent to an activating group) is 1. The lowest BCUT2D eigenvalue weighted by atomic mass is 10.1. The van der Waals surface area contributed by atoms with Crippen LogP contribution in [-0.2, 0) is 32.7 Å². The zero-order valence-electron chi connectivity index (χ0n) is 39.1. The van der Waals surface area contributed by atoms with E-state index in [4.69, 9.17) is 18.5 Å². The summed E-state index contributed by atoms with van der Waals surface area (Å²) in [6.07, 6.45) is 51.0. The Morgan fingerprint density at radius 1 is 0.533 bits per heavy atom. The van der Waals surface area contributed by atoms with E-state index in [0.717, 1.165) is 70.6 Å². The Balaban J connectivity index is 4.34. The SMILES string of the molecule is CC/C=C\C/C=C\C/C=C\C/C=C\CCCCCCC(=O)OC(COC(=O)CCCCCCCCCCC/C=C\CCCCCCCC)COP(=O)([O-])OCC[N+](C)(C)C. The Kier molecular flexibility index (Phi) is 40.4.